The summed E-state index contributed by atoms with van der Waals surface area (Å²) in [5, 5.41) is 11.4. The molecule has 0 unspecified atom stereocenters. The summed E-state index contributed by atoms with van der Waals surface area (Å²) < 4.78 is 14.2. The largest absolute Gasteiger partial charge is 0.409 e. The Labute approximate surface area is 107 Å². The molecule has 1 aromatic rings. The fraction of sp³-hybridized carbons (Fsp3) is 0.462. The van der Waals surface area contributed by atoms with Gasteiger partial charge < -0.3 is 10.9 Å². The van der Waals surface area contributed by atoms with Crippen LogP contribution in [0.15, 0.2) is 23.4 Å². The van der Waals surface area contributed by atoms with Crippen LogP contribution in [0.1, 0.15) is 31.9 Å². The minimum atomic E-state index is -0.424. The topological polar surface area (TPSA) is 61.8 Å². The molecule has 0 aliphatic carbocycles. The summed E-state index contributed by atoms with van der Waals surface area (Å²) in [6.07, 6.45) is 0. The van der Waals surface area contributed by atoms with Crippen molar-refractivity contribution in [3.63, 3.8) is 0 Å². The van der Waals surface area contributed by atoms with E-state index in [0.29, 0.717) is 18.2 Å². The highest BCUT2D eigenvalue weighted by molar-refractivity contribution is 5.97. The first-order valence-electron chi connectivity index (χ1n) is 6.00. The maximum atomic E-state index is 14.2. The zero-order valence-electron chi connectivity index (χ0n) is 11.0. The Morgan fingerprint density at radius 1 is 1.50 bits per heavy atom. The summed E-state index contributed by atoms with van der Waals surface area (Å²) in [5.41, 5.74) is 6.12. The number of nitrogens with two attached hydrogens (primary N) is 1. The number of oxime groups is 1. The van der Waals surface area contributed by atoms with Gasteiger partial charge in [0.25, 0.3) is 0 Å². The zero-order chi connectivity index (χ0) is 13.7. The lowest BCUT2D eigenvalue weighted by atomic mass is 10.1. The molecular weight excluding hydrogens is 233 g/mol. The van der Waals surface area contributed by atoms with Crippen LogP contribution in [0.2, 0.25) is 0 Å². The number of nitrogens with zero attached hydrogens (tertiary/aromatic N) is 2. The Morgan fingerprint density at radius 3 is 2.67 bits per heavy atom. The molecule has 0 heterocycles. The van der Waals surface area contributed by atoms with E-state index < -0.39 is 5.82 Å². The van der Waals surface area contributed by atoms with Crippen LogP contribution >= 0.6 is 0 Å². The second-order valence-corrected chi connectivity index (χ2v) is 4.42. The second kappa shape index (κ2) is 6.35. The highest BCUT2D eigenvalue weighted by atomic mass is 19.1. The molecule has 100 valence electrons. The van der Waals surface area contributed by atoms with E-state index in [1.54, 1.807) is 12.1 Å². The second-order valence-electron chi connectivity index (χ2n) is 4.42. The predicted octanol–water partition coefficient (Wildman–Crippen LogP) is 2.15. The summed E-state index contributed by atoms with van der Waals surface area (Å²) in [5.74, 6) is -0.631. The van der Waals surface area contributed by atoms with E-state index in [4.69, 9.17) is 10.9 Å². The van der Waals surface area contributed by atoms with Crippen LogP contribution in [-0.4, -0.2) is 28.5 Å². The molecule has 0 fully saturated rings. The van der Waals surface area contributed by atoms with Gasteiger partial charge in [-0.15, -0.1) is 0 Å². The fourth-order valence-corrected chi connectivity index (χ4v) is 1.83. The first-order valence-corrected chi connectivity index (χ1v) is 6.00. The first-order chi connectivity index (χ1) is 8.51. The monoisotopic (exact) mass is 253 g/mol. The highest BCUT2D eigenvalue weighted by Crippen LogP contribution is 2.16. The van der Waals surface area contributed by atoms with E-state index in [2.05, 4.69) is 23.9 Å². The number of rotatable bonds is 5. The number of benzene rings is 1. The van der Waals surface area contributed by atoms with E-state index in [1.807, 2.05) is 6.92 Å². The van der Waals surface area contributed by atoms with E-state index in [0.717, 1.165) is 6.54 Å². The van der Waals surface area contributed by atoms with Crippen molar-refractivity contribution in [1.82, 2.24) is 4.90 Å². The summed E-state index contributed by atoms with van der Waals surface area (Å²) in [4.78, 5) is 2.13. The van der Waals surface area contributed by atoms with Gasteiger partial charge in [0, 0.05) is 18.2 Å². The van der Waals surface area contributed by atoms with Crippen LogP contribution in [0.4, 0.5) is 4.39 Å². The molecule has 0 aliphatic rings. The quantitative estimate of drug-likeness (QED) is 0.366. The summed E-state index contributed by atoms with van der Waals surface area (Å²) in [6.45, 7) is 7.51. The number of amidine groups is 1. The third kappa shape index (κ3) is 3.20. The maximum Gasteiger partial charge on any atom is 0.173 e. The van der Waals surface area contributed by atoms with E-state index >= 15 is 0 Å². The van der Waals surface area contributed by atoms with Gasteiger partial charge in [0.05, 0.1) is 5.56 Å². The van der Waals surface area contributed by atoms with Crippen molar-refractivity contribution in [1.29, 1.82) is 0 Å². The van der Waals surface area contributed by atoms with Gasteiger partial charge >= 0.3 is 0 Å². The summed E-state index contributed by atoms with van der Waals surface area (Å²) in [7, 11) is 0. The molecule has 1 rings (SSSR count). The van der Waals surface area contributed by atoms with Crippen molar-refractivity contribution < 1.29 is 9.60 Å². The molecule has 0 aliphatic heterocycles. The molecule has 5 heteroatoms. The lowest BCUT2D eigenvalue weighted by Crippen LogP contribution is -2.30. The van der Waals surface area contributed by atoms with Gasteiger partial charge in [-0.2, -0.15) is 0 Å². The minimum Gasteiger partial charge on any atom is -0.409 e. The maximum absolute atomic E-state index is 14.2. The standard InChI is InChI=1S/C13H20FN3O/c1-4-17(9(2)3)8-10-6-5-7-11(12(10)14)13(15)16-18/h5-7,9,18H,4,8H2,1-3H3,(H2,15,16). The van der Waals surface area contributed by atoms with Crippen molar-refractivity contribution in [2.75, 3.05) is 6.54 Å². The Balaban J connectivity index is 3.04. The molecular formula is C13H20FN3O. The van der Waals surface area contributed by atoms with Crippen molar-refractivity contribution in [2.24, 2.45) is 10.9 Å². The minimum absolute atomic E-state index is 0.134. The molecule has 3 N–H and O–H groups in total. The van der Waals surface area contributed by atoms with Crippen molar-refractivity contribution in [2.45, 2.75) is 33.4 Å². The molecule has 1 aromatic carbocycles. The molecule has 0 spiro atoms. The normalized spacial score (nSPS) is 12.4. The van der Waals surface area contributed by atoms with Gasteiger partial charge in [-0.25, -0.2) is 4.39 Å². The smallest absolute Gasteiger partial charge is 0.173 e. The lowest BCUT2D eigenvalue weighted by Gasteiger charge is -2.25. The molecule has 4 nitrogen and oxygen atoms in total. The molecule has 0 saturated carbocycles. The highest BCUT2D eigenvalue weighted by Gasteiger charge is 2.15. The molecule has 0 amide bonds. The Morgan fingerprint density at radius 2 is 2.17 bits per heavy atom. The van der Waals surface area contributed by atoms with Crippen LogP contribution in [0.5, 0.6) is 0 Å². The molecule has 0 bridgehead atoms. The average Bonchev–Trinajstić information content (AvgIpc) is 2.36. The SMILES string of the molecule is CCN(Cc1cccc(/C(N)=N/O)c1F)C(C)C. The van der Waals surface area contributed by atoms with E-state index in [9.17, 15) is 4.39 Å². The predicted molar refractivity (Wildman–Crippen MR) is 70.1 cm³/mol. The molecule has 0 atom stereocenters. The average molecular weight is 253 g/mol. The Hall–Kier alpha value is -1.62. The van der Waals surface area contributed by atoms with Crippen LogP contribution in [0.25, 0.3) is 0 Å². The Bertz CT molecular complexity index is 432. The third-order valence-electron chi connectivity index (χ3n) is 2.97. The zero-order valence-corrected chi connectivity index (χ0v) is 11.0. The third-order valence-corrected chi connectivity index (χ3v) is 2.97. The van der Waals surface area contributed by atoms with Crippen LogP contribution in [0, 0.1) is 5.82 Å². The summed E-state index contributed by atoms with van der Waals surface area (Å²) in [6, 6.07) is 5.26. The van der Waals surface area contributed by atoms with Crippen LogP contribution in [-0.2, 0) is 6.54 Å². The van der Waals surface area contributed by atoms with Crippen molar-refractivity contribution in [3.8, 4) is 0 Å². The van der Waals surface area contributed by atoms with Crippen molar-refractivity contribution in [3.05, 3.63) is 35.1 Å². The number of halogens is 1. The van der Waals surface area contributed by atoms with Gasteiger partial charge in [-0.1, -0.05) is 24.2 Å². The van der Waals surface area contributed by atoms with Crippen LogP contribution < -0.4 is 5.73 Å². The fourth-order valence-electron chi connectivity index (χ4n) is 1.83. The lowest BCUT2D eigenvalue weighted by molar-refractivity contribution is 0.222. The molecule has 0 saturated heterocycles. The Kier molecular flexibility index (Phi) is 5.09. The van der Waals surface area contributed by atoms with Gasteiger partial charge in [-0.05, 0) is 26.5 Å². The number of hydrogen-bond acceptors (Lipinski definition) is 3. The van der Waals surface area contributed by atoms with E-state index in [1.165, 1.54) is 6.07 Å². The molecule has 0 aromatic heterocycles. The first kappa shape index (κ1) is 14.4. The molecule has 18 heavy (non-hydrogen) atoms. The van der Waals surface area contributed by atoms with Crippen molar-refractivity contribution >= 4 is 5.84 Å². The van der Waals surface area contributed by atoms with Gasteiger partial charge in [-0.3, -0.25) is 4.90 Å². The number of hydrogen-bond donors (Lipinski definition) is 2. The van der Waals surface area contributed by atoms with Gasteiger partial charge in [0.15, 0.2) is 5.84 Å². The van der Waals surface area contributed by atoms with Gasteiger partial charge in [0.2, 0.25) is 0 Å². The van der Waals surface area contributed by atoms with Gasteiger partial charge in [0.1, 0.15) is 5.82 Å². The molecule has 0 radical (unpaired) electrons. The van der Waals surface area contributed by atoms with E-state index in [-0.39, 0.29) is 11.4 Å². The van der Waals surface area contributed by atoms with Crippen LogP contribution in [0.3, 0.4) is 0 Å². The summed E-state index contributed by atoms with van der Waals surface area (Å²) >= 11 is 0.